The van der Waals surface area contributed by atoms with Crippen molar-refractivity contribution < 1.29 is 14.2 Å². The molecule has 0 bridgehead atoms. The van der Waals surface area contributed by atoms with Gasteiger partial charge in [-0.25, -0.2) is 0 Å². The highest BCUT2D eigenvalue weighted by Crippen LogP contribution is 2.31. The molecule has 2 fully saturated rings. The first-order valence-electron chi connectivity index (χ1n) is 6.80. The van der Waals surface area contributed by atoms with E-state index in [2.05, 4.69) is 19.2 Å². The summed E-state index contributed by atoms with van der Waals surface area (Å²) in [7, 11) is 0. The molecule has 17 heavy (non-hydrogen) atoms. The van der Waals surface area contributed by atoms with E-state index in [9.17, 15) is 0 Å². The Hall–Kier alpha value is -0.160. The van der Waals surface area contributed by atoms with Crippen LogP contribution in [0, 0.1) is 0 Å². The highest BCUT2D eigenvalue weighted by molar-refractivity contribution is 4.96. The molecule has 0 radical (unpaired) electrons. The van der Waals surface area contributed by atoms with Crippen molar-refractivity contribution in [3.8, 4) is 0 Å². The van der Waals surface area contributed by atoms with Crippen LogP contribution in [0.15, 0.2) is 0 Å². The molecule has 1 spiro atoms. The van der Waals surface area contributed by atoms with Crippen LogP contribution in [0.1, 0.15) is 33.1 Å². The van der Waals surface area contributed by atoms with Crippen LogP contribution in [-0.2, 0) is 14.2 Å². The second-order valence-electron chi connectivity index (χ2n) is 5.27. The summed E-state index contributed by atoms with van der Waals surface area (Å²) in [4.78, 5) is 0. The molecule has 0 aromatic heterocycles. The molecule has 0 amide bonds. The van der Waals surface area contributed by atoms with Gasteiger partial charge in [0, 0.05) is 26.2 Å². The predicted octanol–water partition coefficient (Wildman–Crippen LogP) is 1.34. The Labute approximate surface area is 104 Å². The molecule has 2 saturated heterocycles. The molecule has 2 unspecified atom stereocenters. The largest absolute Gasteiger partial charge is 0.381 e. The number of nitrogens with one attached hydrogen (secondary N) is 1. The fourth-order valence-corrected chi connectivity index (χ4v) is 2.71. The van der Waals surface area contributed by atoms with Crippen molar-refractivity contribution >= 4 is 0 Å². The molecule has 0 aliphatic carbocycles. The monoisotopic (exact) mass is 243 g/mol. The van der Waals surface area contributed by atoms with Crippen molar-refractivity contribution in [2.45, 2.75) is 50.9 Å². The van der Waals surface area contributed by atoms with Crippen molar-refractivity contribution in [2.24, 2.45) is 0 Å². The third-order valence-electron chi connectivity index (χ3n) is 3.67. The molecular formula is C13H25NO3. The Morgan fingerprint density at radius 2 is 2.18 bits per heavy atom. The summed E-state index contributed by atoms with van der Waals surface area (Å²) >= 11 is 0. The molecule has 2 heterocycles. The van der Waals surface area contributed by atoms with Crippen LogP contribution in [-0.4, -0.2) is 50.7 Å². The average molecular weight is 243 g/mol. The van der Waals surface area contributed by atoms with E-state index in [4.69, 9.17) is 14.2 Å². The van der Waals surface area contributed by atoms with Crippen molar-refractivity contribution in [2.75, 3.05) is 33.0 Å². The zero-order valence-electron chi connectivity index (χ0n) is 11.0. The number of hydrogen-bond acceptors (Lipinski definition) is 4. The first-order valence-corrected chi connectivity index (χ1v) is 6.80. The Bertz CT molecular complexity index is 225. The zero-order valence-corrected chi connectivity index (χ0v) is 11.0. The quantitative estimate of drug-likeness (QED) is 0.812. The van der Waals surface area contributed by atoms with Gasteiger partial charge in [0.05, 0.1) is 31.0 Å². The van der Waals surface area contributed by atoms with Gasteiger partial charge in [-0.1, -0.05) is 0 Å². The van der Waals surface area contributed by atoms with E-state index in [1.54, 1.807) is 0 Å². The summed E-state index contributed by atoms with van der Waals surface area (Å²) in [6, 6.07) is 0.306. The Morgan fingerprint density at radius 1 is 1.29 bits per heavy atom. The highest BCUT2D eigenvalue weighted by Gasteiger charge is 2.42. The van der Waals surface area contributed by atoms with Gasteiger partial charge in [-0.15, -0.1) is 0 Å². The summed E-state index contributed by atoms with van der Waals surface area (Å²) in [5, 5.41) is 3.56. The molecule has 4 nitrogen and oxygen atoms in total. The fourth-order valence-electron chi connectivity index (χ4n) is 2.71. The summed E-state index contributed by atoms with van der Waals surface area (Å²) in [5.74, 6) is 0. The van der Waals surface area contributed by atoms with Gasteiger partial charge in [0.15, 0.2) is 0 Å². The molecule has 0 aromatic carbocycles. The average Bonchev–Trinajstić information content (AvgIpc) is 2.54. The number of morpholine rings is 1. The SMILES string of the molecule is CC(C)OCC1NCCOC12CCCOCC2. The van der Waals surface area contributed by atoms with Crippen LogP contribution in [0.3, 0.4) is 0 Å². The number of ether oxygens (including phenoxy) is 3. The molecular weight excluding hydrogens is 218 g/mol. The summed E-state index contributed by atoms with van der Waals surface area (Å²) < 4.78 is 17.4. The summed E-state index contributed by atoms with van der Waals surface area (Å²) in [5.41, 5.74) is -0.0658. The smallest absolute Gasteiger partial charge is 0.0880 e. The first kappa shape index (κ1) is 13.3. The van der Waals surface area contributed by atoms with Crippen LogP contribution in [0.4, 0.5) is 0 Å². The van der Waals surface area contributed by atoms with Gasteiger partial charge in [-0.3, -0.25) is 0 Å². The fraction of sp³-hybridized carbons (Fsp3) is 1.00. The Kier molecular flexibility index (Phi) is 4.79. The lowest BCUT2D eigenvalue weighted by Crippen LogP contribution is -2.60. The van der Waals surface area contributed by atoms with Gasteiger partial charge in [-0.05, 0) is 26.7 Å². The van der Waals surface area contributed by atoms with Crippen molar-refractivity contribution in [1.29, 1.82) is 0 Å². The summed E-state index contributed by atoms with van der Waals surface area (Å²) in [6.07, 6.45) is 3.41. The van der Waals surface area contributed by atoms with Crippen LogP contribution in [0.2, 0.25) is 0 Å². The summed E-state index contributed by atoms with van der Waals surface area (Å²) in [6.45, 7) is 8.28. The molecule has 0 aromatic rings. The molecule has 4 heteroatoms. The second-order valence-corrected chi connectivity index (χ2v) is 5.27. The Balaban J connectivity index is 1.98. The molecule has 2 rings (SSSR count). The standard InChI is InChI=1S/C13H25NO3/c1-11(2)16-10-12-13(17-9-6-14-12)4-3-7-15-8-5-13/h11-12,14H,3-10H2,1-2H3. The lowest BCUT2D eigenvalue weighted by molar-refractivity contribution is -0.126. The predicted molar refractivity (Wildman–Crippen MR) is 66.2 cm³/mol. The van der Waals surface area contributed by atoms with Crippen molar-refractivity contribution in [3.05, 3.63) is 0 Å². The molecule has 0 saturated carbocycles. The lowest BCUT2D eigenvalue weighted by atomic mass is 9.85. The second kappa shape index (κ2) is 6.14. The first-order chi connectivity index (χ1) is 8.23. The van der Waals surface area contributed by atoms with Gasteiger partial charge in [0.2, 0.25) is 0 Å². The van der Waals surface area contributed by atoms with E-state index in [-0.39, 0.29) is 11.7 Å². The molecule has 2 atom stereocenters. The minimum Gasteiger partial charge on any atom is -0.381 e. The van der Waals surface area contributed by atoms with Gasteiger partial charge in [0.25, 0.3) is 0 Å². The molecule has 1 N–H and O–H groups in total. The minimum absolute atomic E-state index is 0.0658. The van der Waals surface area contributed by atoms with Crippen LogP contribution in [0.25, 0.3) is 0 Å². The zero-order chi connectivity index (χ0) is 12.1. The van der Waals surface area contributed by atoms with Crippen molar-refractivity contribution in [1.82, 2.24) is 5.32 Å². The maximum absolute atomic E-state index is 6.11. The molecule has 2 aliphatic heterocycles. The number of hydrogen-bond donors (Lipinski definition) is 1. The van der Waals surface area contributed by atoms with Gasteiger partial charge in [0.1, 0.15) is 0 Å². The minimum atomic E-state index is -0.0658. The van der Waals surface area contributed by atoms with E-state index in [1.807, 2.05) is 0 Å². The van der Waals surface area contributed by atoms with Crippen LogP contribution in [0.5, 0.6) is 0 Å². The normalized spacial score (nSPS) is 35.1. The van der Waals surface area contributed by atoms with E-state index in [0.29, 0.717) is 6.04 Å². The third-order valence-corrected chi connectivity index (χ3v) is 3.67. The maximum atomic E-state index is 6.11. The third kappa shape index (κ3) is 3.41. The van der Waals surface area contributed by atoms with Gasteiger partial charge < -0.3 is 19.5 Å². The van der Waals surface area contributed by atoms with E-state index in [1.165, 1.54) is 0 Å². The topological polar surface area (TPSA) is 39.7 Å². The van der Waals surface area contributed by atoms with Crippen LogP contribution >= 0.6 is 0 Å². The van der Waals surface area contributed by atoms with Gasteiger partial charge in [-0.2, -0.15) is 0 Å². The molecule has 100 valence electrons. The lowest BCUT2D eigenvalue weighted by Gasteiger charge is -2.44. The highest BCUT2D eigenvalue weighted by atomic mass is 16.5. The molecule has 2 aliphatic rings. The Morgan fingerprint density at radius 3 is 3.00 bits per heavy atom. The number of rotatable bonds is 3. The van der Waals surface area contributed by atoms with Crippen LogP contribution < -0.4 is 5.32 Å². The van der Waals surface area contributed by atoms with Crippen molar-refractivity contribution in [3.63, 3.8) is 0 Å². The van der Waals surface area contributed by atoms with E-state index >= 15 is 0 Å². The van der Waals surface area contributed by atoms with E-state index < -0.39 is 0 Å². The van der Waals surface area contributed by atoms with Gasteiger partial charge >= 0.3 is 0 Å². The van der Waals surface area contributed by atoms with E-state index in [0.717, 1.165) is 52.2 Å². The maximum Gasteiger partial charge on any atom is 0.0880 e.